The Morgan fingerprint density at radius 2 is 2.21 bits per heavy atom. The third-order valence-electron chi connectivity index (χ3n) is 4.20. The summed E-state index contributed by atoms with van der Waals surface area (Å²) in [5.41, 5.74) is 1.88. The first-order chi connectivity index (χ1) is 9.20. The molecular formula is C16H23NOS. The van der Waals surface area contributed by atoms with Gasteiger partial charge in [0.05, 0.1) is 6.10 Å². The second kappa shape index (κ2) is 5.37. The summed E-state index contributed by atoms with van der Waals surface area (Å²) in [6.45, 7) is 6.46. The van der Waals surface area contributed by atoms with Gasteiger partial charge in [-0.15, -0.1) is 11.8 Å². The van der Waals surface area contributed by atoms with E-state index < -0.39 is 0 Å². The van der Waals surface area contributed by atoms with Crippen molar-refractivity contribution in [3.8, 4) is 5.75 Å². The van der Waals surface area contributed by atoms with Gasteiger partial charge in [0.15, 0.2) is 0 Å². The molecule has 1 atom stereocenters. The van der Waals surface area contributed by atoms with Gasteiger partial charge in [-0.1, -0.05) is 0 Å². The summed E-state index contributed by atoms with van der Waals surface area (Å²) in [7, 11) is 0. The molecule has 1 fully saturated rings. The zero-order valence-electron chi connectivity index (χ0n) is 11.9. The molecule has 2 nitrogen and oxygen atoms in total. The van der Waals surface area contributed by atoms with Crippen LogP contribution < -0.4 is 10.1 Å². The van der Waals surface area contributed by atoms with E-state index in [2.05, 4.69) is 37.4 Å². The molecule has 1 saturated heterocycles. The Labute approximate surface area is 120 Å². The molecular weight excluding hydrogens is 254 g/mol. The minimum atomic E-state index is 0.245. The summed E-state index contributed by atoms with van der Waals surface area (Å²) >= 11 is 2.01. The summed E-state index contributed by atoms with van der Waals surface area (Å²) < 4.78 is 5.89. The van der Waals surface area contributed by atoms with Gasteiger partial charge in [0.25, 0.3) is 0 Å². The molecule has 1 N–H and O–H groups in total. The maximum absolute atomic E-state index is 5.89. The molecule has 104 valence electrons. The van der Waals surface area contributed by atoms with E-state index in [0.29, 0.717) is 5.41 Å². The minimum Gasteiger partial charge on any atom is -0.491 e. The number of rotatable bonds is 2. The molecule has 3 rings (SSSR count). The Morgan fingerprint density at radius 3 is 2.95 bits per heavy atom. The lowest BCUT2D eigenvalue weighted by Crippen LogP contribution is -2.29. The van der Waals surface area contributed by atoms with Crippen LogP contribution in [-0.4, -0.2) is 24.9 Å². The molecule has 2 heterocycles. The van der Waals surface area contributed by atoms with Gasteiger partial charge in [0.1, 0.15) is 5.75 Å². The van der Waals surface area contributed by atoms with Crippen LogP contribution in [0.3, 0.4) is 0 Å². The Hall–Kier alpha value is -0.670. The van der Waals surface area contributed by atoms with Crippen LogP contribution in [0, 0.1) is 0 Å². The fraction of sp³-hybridized carbons (Fsp3) is 0.625. The van der Waals surface area contributed by atoms with Crippen LogP contribution in [0.15, 0.2) is 23.1 Å². The second-order valence-electron chi connectivity index (χ2n) is 5.98. The topological polar surface area (TPSA) is 21.3 Å². The van der Waals surface area contributed by atoms with Crippen molar-refractivity contribution in [1.82, 2.24) is 5.32 Å². The van der Waals surface area contributed by atoms with E-state index in [9.17, 15) is 0 Å². The van der Waals surface area contributed by atoms with Crippen molar-refractivity contribution in [2.75, 3.05) is 18.8 Å². The van der Waals surface area contributed by atoms with Crippen molar-refractivity contribution < 1.29 is 4.74 Å². The van der Waals surface area contributed by atoms with Crippen LogP contribution in [0.4, 0.5) is 0 Å². The monoisotopic (exact) mass is 277 g/mol. The lowest BCUT2D eigenvalue weighted by Gasteiger charge is -2.29. The van der Waals surface area contributed by atoms with Crippen molar-refractivity contribution in [2.45, 2.75) is 49.5 Å². The number of benzene rings is 1. The summed E-state index contributed by atoms with van der Waals surface area (Å²) in [5.74, 6) is 2.28. The average molecular weight is 277 g/mol. The van der Waals surface area contributed by atoms with Crippen molar-refractivity contribution >= 4 is 11.8 Å². The Balaban J connectivity index is 2.00. The lowest BCUT2D eigenvalue weighted by atomic mass is 9.76. The lowest BCUT2D eigenvalue weighted by molar-refractivity contribution is 0.241. The first-order valence-electron chi connectivity index (χ1n) is 7.34. The smallest absolute Gasteiger partial charge is 0.120 e. The van der Waals surface area contributed by atoms with Gasteiger partial charge in [-0.05, 0) is 69.2 Å². The Kier molecular flexibility index (Phi) is 3.77. The second-order valence-corrected chi connectivity index (χ2v) is 7.12. The normalized spacial score (nSPS) is 26.5. The van der Waals surface area contributed by atoms with Gasteiger partial charge in [-0.3, -0.25) is 0 Å². The van der Waals surface area contributed by atoms with E-state index in [-0.39, 0.29) is 6.10 Å². The number of hydrogen-bond donors (Lipinski definition) is 1. The number of nitrogens with one attached hydrogen (secondary N) is 1. The number of fused-ring (bicyclic) bond motifs is 2. The molecule has 0 amide bonds. The van der Waals surface area contributed by atoms with Crippen LogP contribution in [0.5, 0.6) is 5.75 Å². The number of hydrogen-bond acceptors (Lipinski definition) is 3. The molecule has 0 bridgehead atoms. The third-order valence-corrected chi connectivity index (χ3v) is 5.35. The first-order valence-corrected chi connectivity index (χ1v) is 8.33. The summed E-state index contributed by atoms with van der Waals surface area (Å²) in [6.07, 6.45) is 4.15. The standard InChI is InChI=1S/C16H23NOS/c1-12(2)18-13-4-5-15-14(10-13)16(6-3-9-19-15)7-8-17-11-16/h4-5,10,12,17H,3,6-9,11H2,1-2H3. The van der Waals surface area contributed by atoms with Crippen molar-refractivity contribution in [3.05, 3.63) is 23.8 Å². The van der Waals surface area contributed by atoms with Gasteiger partial charge in [-0.2, -0.15) is 0 Å². The van der Waals surface area contributed by atoms with Crippen molar-refractivity contribution in [3.63, 3.8) is 0 Å². The molecule has 0 radical (unpaired) electrons. The molecule has 0 saturated carbocycles. The van der Waals surface area contributed by atoms with E-state index in [1.807, 2.05) is 11.8 Å². The van der Waals surface area contributed by atoms with E-state index in [0.717, 1.165) is 18.8 Å². The average Bonchev–Trinajstić information content (AvgIpc) is 2.77. The van der Waals surface area contributed by atoms with Gasteiger partial charge in [0.2, 0.25) is 0 Å². The van der Waals surface area contributed by atoms with Crippen LogP contribution in [0.25, 0.3) is 0 Å². The number of ether oxygens (including phenoxy) is 1. The van der Waals surface area contributed by atoms with E-state index in [1.54, 1.807) is 0 Å². The van der Waals surface area contributed by atoms with E-state index >= 15 is 0 Å². The highest BCUT2D eigenvalue weighted by molar-refractivity contribution is 7.99. The first kappa shape index (κ1) is 13.3. The molecule has 1 aromatic rings. The molecule has 0 aliphatic carbocycles. The third kappa shape index (κ3) is 2.63. The zero-order valence-corrected chi connectivity index (χ0v) is 12.7. The highest BCUT2D eigenvalue weighted by Crippen LogP contribution is 2.45. The Bertz CT molecular complexity index is 452. The maximum Gasteiger partial charge on any atom is 0.120 e. The van der Waals surface area contributed by atoms with Gasteiger partial charge in [0, 0.05) is 16.9 Å². The highest BCUT2D eigenvalue weighted by Gasteiger charge is 2.38. The SMILES string of the molecule is CC(C)Oc1ccc2c(c1)C1(CCCS2)CCNC1. The van der Waals surface area contributed by atoms with Crippen LogP contribution in [-0.2, 0) is 5.41 Å². The minimum absolute atomic E-state index is 0.245. The van der Waals surface area contributed by atoms with Crippen molar-refractivity contribution in [2.24, 2.45) is 0 Å². The Morgan fingerprint density at radius 1 is 1.32 bits per heavy atom. The van der Waals surface area contributed by atoms with Crippen LogP contribution in [0.2, 0.25) is 0 Å². The van der Waals surface area contributed by atoms with Gasteiger partial charge in [-0.25, -0.2) is 0 Å². The molecule has 1 unspecified atom stereocenters. The summed E-state index contributed by atoms with van der Waals surface area (Å²) in [5, 5.41) is 3.56. The predicted octanol–water partition coefficient (Wildman–Crippen LogP) is 3.59. The molecule has 1 aromatic carbocycles. The van der Waals surface area contributed by atoms with Gasteiger partial charge < -0.3 is 10.1 Å². The molecule has 1 spiro atoms. The van der Waals surface area contributed by atoms with Crippen LogP contribution >= 0.6 is 11.8 Å². The quantitative estimate of drug-likeness (QED) is 0.892. The fourth-order valence-electron chi connectivity index (χ4n) is 3.31. The zero-order chi connectivity index (χ0) is 13.3. The molecule has 0 aromatic heterocycles. The highest BCUT2D eigenvalue weighted by atomic mass is 32.2. The fourth-order valence-corrected chi connectivity index (χ4v) is 4.41. The molecule has 2 aliphatic rings. The summed E-state index contributed by atoms with van der Waals surface area (Å²) in [6, 6.07) is 6.71. The molecule has 3 heteroatoms. The summed E-state index contributed by atoms with van der Waals surface area (Å²) in [4.78, 5) is 1.47. The maximum atomic E-state index is 5.89. The van der Waals surface area contributed by atoms with Gasteiger partial charge >= 0.3 is 0 Å². The van der Waals surface area contributed by atoms with E-state index in [1.165, 1.54) is 35.5 Å². The molecule has 19 heavy (non-hydrogen) atoms. The predicted molar refractivity (Wildman–Crippen MR) is 81.3 cm³/mol. The largest absolute Gasteiger partial charge is 0.491 e. The molecule has 2 aliphatic heterocycles. The van der Waals surface area contributed by atoms with E-state index in [4.69, 9.17) is 4.74 Å². The van der Waals surface area contributed by atoms with Crippen molar-refractivity contribution in [1.29, 1.82) is 0 Å². The van der Waals surface area contributed by atoms with Crippen LogP contribution in [0.1, 0.15) is 38.7 Å². The number of thioether (sulfide) groups is 1.